The highest BCUT2D eigenvalue weighted by molar-refractivity contribution is 4.84. The lowest BCUT2D eigenvalue weighted by molar-refractivity contribution is 0.0956. The van der Waals surface area contributed by atoms with Crippen LogP contribution in [0.3, 0.4) is 0 Å². The Bertz CT molecular complexity index is 184. The third-order valence-corrected chi connectivity index (χ3v) is 3.92. The van der Waals surface area contributed by atoms with E-state index in [2.05, 4.69) is 37.7 Å². The van der Waals surface area contributed by atoms with Gasteiger partial charge in [-0.15, -0.1) is 0 Å². The lowest BCUT2D eigenvalue weighted by atomic mass is 9.89. The molecule has 0 aliphatic heterocycles. The minimum Gasteiger partial charge on any atom is -0.329 e. The predicted octanol–water partition coefficient (Wildman–Crippen LogP) is 1.53. The maximum Gasteiger partial charge on any atom is 0.0110 e. The molecule has 0 atom stereocenters. The molecule has 16 heavy (non-hydrogen) atoms. The first-order valence-electron chi connectivity index (χ1n) is 6.68. The van der Waals surface area contributed by atoms with Crippen LogP contribution in [0, 0.1) is 0 Å². The molecule has 1 saturated carbocycles. The Morgan fingerprint density at radius 2 is 1.56 bits per heavy atom. The van der Waals surface area contributed by atoms with E-state index in [-0.39, 0.29) is 0 Å². The fourth-order valence-electron chi connectivity index (χ4n) is 2.92. The van der Waals surface area contributed by atoms with Gasteiger partial charge in [0.1, 0.15) is 0 Å². The molecule has 0 saturated heterocycles. The topological polar surface area (TPSA) is 32.5 Å². The molecule has 1 fully saturated rings. The van der Waals surface area contributed by atoms with E-state index in [0.717, 1.165) is 25.2 Å². The van der Waals surface area contributed by atoms with Gasteiger partial charge < -0.3 is 10.6 Å². The molecular weight excluding hydrogens is 198 g/mol. The fraction of sp³-hybridized carbons (Fsp3) is 1.00. The van der Waals surface area contributed by atoms with E-state index in [9.17, 15) is 0 Å². The molecule has 0 aromatic heterocycles. The molecule has 1 aliphatic carbocycles. The summed E-state index contributed by atoms with van der Waals surface area (Å²) in [4.78, 5) is 4.96. The summed E-state index contributed by atoms with van der Waals surface area (Å²) >= 11 is 0. The summed E-state index contributed by atoms with van der Waals surface area (Å²) in [5, 5.41) is 0. The van der Waals surface area contributed by atoms with Gasteiger partial charge >= 0.3 is 0 Å². The highest BCUT2D eigenvalue weighted by atomic mass is 15.2. The van der Waals surface area contributed by atoms with Gasteiger partial charge in [-0.25, -0.2) is 0 Å². The average Bonchev–Trinajstić information content (AvgIpc) is 2.25. The molecular formula is C13H29N3. The van der Waals surface area contributed by atoms with E-state index >= 15 is 0 Å². The maximum absolute atomic E-state index is 5.70. The lowest BCUT2D eigenvalue weighted by Gasteiger charge is -2.40. The van der Waals surface area contributed by atoms with Crippen LogP contribution in [0.5, 0.6) is 0 Å². The zero-order valence-corrected chi connectivity index (χ0v) is 11.4. The molecule has 0 amide bonds. The molecule has 0 radical (unpaired) electrons. The van der Waals surface area contributed by atoms with Crippen LogP contribution >= 0.6 is 0 Å². The van der Waals surface area contributed by atoms with Crippen molar-refractivity contribution in [2.75, 3.05) is 27.2 Å². The van der Waals surface area contributed by atoms with Crippen LogP contribution in [0.15, 0.2) is 0 Å². The van der Waals surface area contributed by atoms with Crippen LogP contribution in [-0.2, 0) is 0 Å². The third-order valence-electron chi connectivity index (χ3n) is 3.92. The first-order valence-corrected chi connectivity index (χ1v) is 6.68. The number of nitrogens with zero attached hydrogens (tertiary/aromatic N) is 2. The largest absolute Gasteiger partial charge is 0.329 e. The minimum atomic E-state index is 0.629. The van der Waals surface area contributed by atoms with Crippen molar-refractivity contribution in [1.29, 1.82) is 0 Å². The van der Waals surface area contributed by atoms with Gasteiger partial charge in [-0.1, -0.05) is 0 Å². The van der Waals surface area contributed by atoms with Gasteiger partial charge in [0.2, 0.25) is 0 Å². The molecule has 0 heterocycles. The molecule has 1 aliphatic rings. The molecule has 2 N–H and O–H groups in total. The highest BCUT2D eigenvalue weighted by Gasteiger charge is 2.27. The second-order valence-corrected chi connectivity index (χ2v) is 5.55. The molecule has 0 aromatic carbocycles. The lowest BCUT2D eigenvalue weighted by Crippen LogP contribution is -2.47. The van der Waals surface area contributed by atoms with Gasteiger partial charge in [0.25, 0.3) is 0 Å². The summed E-state index contributed by atoms with van der Waals surface area (Å²) in [7, 11) is 4.40. The van der Waals surface area contributed by atoms with Gasteiger partial charge in [-0.2, -0.15) is 0 Å². The summed E-state index contributed by atoms with van der Waals surface area (Å²) in [6, 6.07) is 2.19. The Balaban J connectivity index is 2.44. The second-order valence-electron chi connectivity index (χ2n) is 5.55. The van der Waals surface area contributed by atoms with Crippen LogP contribution in [0.25, 0.3) is 0 Å². The quantitative estimate of drug-likeness (QED) is 0.773. The third kappa shape index (κ3) is 3.72. The zero-order valence-electron chi connectivity index (χ0n) is 11.4. The van der Waals surface area contributed by atoms with Gasteiger partial charge in [-0.3, -0.25) is 4.90 Å². The van der Waals surface area contributed by atoms with E-state index < -0.39 is 0 Å². The van der Waals surface area contributed by atoms with E-state index in [0.29, 0.717) is 6.04 Å². The number of nitrogens with two attached hydrogens (primary N) is 1. The average molecular weight is 227 g/mol. The van der Waals surface area contributed by atoms with Crippen molar-refractivity contribution in [3.63, 3.8) is 0 Å². The molecule has 3 nitrogen and oxygen atoms in total. The molecule has 3 heteroatoms. The zero-order chi connectivity index (χ0) is 12.1. The summed E-state index contributed by atoms with van der Waals surface area (Å²) < 4.78 is 0. The minimum absolute atomic E-state index is 0.629. The first-order chi connectivity index (χ1) is 7.56. The van der Waals surface area contributed by atoms with Crippen molar-refractivity contribution < 1.29 is 0 Å². The second kappa shape index (κ2) is 6.58. The Morgan fingerprint density at radius 1 is 1.06 bits per heavy atom. The van der Waals surface area contributed by atoms with Crippen molar-refractivity contribution in [1.82, 2.24) is 9.80 Å². The summed E-state index contributed by atoms with van der Waals surface area (Å²) in [5.41, 5.74) is 5.70. The standard InChI is InChI=1S/C13H29N3/c1-11(2)16(10-9-14)13-7-5-12(6-8-13)15(3)4/h11-13H,5-10,14H2,1-4H3. The van der Waals surface area contributed by atoms with Crippen LogP contribution < -0.4 is 5.73 Å². The number of rotatable bonds is 5. The molecule has 1 rings (SSSR count). The van der Waals surface area contributed by atoms with Crippen LogP contribution in [0.2, 0.25) is 0 Å². The first kappa shape index (κ1) is 13.9. The van der Waals surface area contributed by atoms with Crippen LogP contribution in [-0.4, -0.2) is 55.1 Å². The molecule has 0 spiro atoms. The van der Waals surface area contributed by atoms with E-state index in [1.54, 1.807) is 0 Å². The fourth-order valence-corrected chi connectivity index (χ4v) is 2.92. The Morgan fingerprint density at radius 3 is 1.94 bits per heavy atom. The number of hydrogen-bond acceptors (Lipinski definition) is 3. The smallest absolute Gasteiger partial charge is 0.0110 e. The normalized spacial score (nSPS) is 27.0. The van der Waals surface area contributed by atoms with Crippen molar-refractivity contribution in [2.24, 2.45) is 5.73 Å². The van der Waals surface area contributed by atoms with E-state index in [1.165, 1.54) is 25.7 Å². The van der Waals surface area contributed by atoms with Gasteiger partial charge in [-0.05, 0) is 53.6 Å². The molecule has 0 bridgehead atoms. The number of hydrogen-bond donors (Lipinski definition) is 1. The molecule has 0 aromatic rings. The van der Waals surface area contributed by atoms with Crippen molar-refractivity contribution in [3.05, 3.63) is 0 Å². The monoisotopic (exact) mass is 227 g/mol. The van der Waals surface area contributed by atoms with E-state index in [4.69, 9.17) is 5.73 Å². The van der Waals surface area contributed by atoms with E-state index in [1.807, 2.05) is 0 Å². The Labute approximate surface area is 101 Å². The molecule has 96 valence electrons. The summed E-state index contributed by atoms with van der Waals surface area (Å²) in [5.74, 6) is 0. The molecule has 0 unspecified atom stereocenters. The predicted molar refractivity (Wildman–Crippen MR) is 70.6 cm³/mol. The summed E-state index contributed by atoms with van der Waals surface area (Å²) in [6.45, 7) is 6.40. The van der Waals surface area contributed by atoms with Crippen molar-refractivity contribution in [2.45, 2.75) is 57.7 Å². The SMILES string of the molecule is CC(C)N(CCN)C1CCC(N(C)C)CC1. The van der Waals surface area contributed by atoms with Gasteiger partial charge in [0.05, 0.1) is 0 Å². The maximum atomic E-state index is 5.70. The van der Waals surface area contributed by atoms with Crippen molar-refractivity contribution in [3.8, 4) is 0 Å². The Hall–Kier alpha value is -0.120. The van der Waals surface area contributed by atoms with Crippen LogP contribution in [0.1, 0.15) is 39.5 Å². The highest BCUT2D eigenvalue weighted by Crippen LogP contribution is 2.26. The van der Waals surface area contributed by atoms with Crippen LogP contribution in [0.4, 0.5) is 0 Å². The van der Waals surface area contributed by atoms with Gasteiger partial charge in [0.15, 0.2) is 0 Å². The Kier molecular flexibility index (Phi) is 5.73. The van der Waals surface area contributed by atoms with Crippen molar-refractivity contribution >= 4 is 0 Å². The van der Waals surface area contributed by atoms with Gasteiger partial charge in [0, 0.05) is 31.2 Å². The summed E-state index contributed by atoms with van der Waals surface area (Å²) in [6.07, 6.45) is 5.35.